The van der Waals surface area contributed by atoms with E-state index >= 15 is 0 Å². The summed E-state index contributed by atoms with van der Waals surface area (Å²) in [5.74, 6) is -0.234. The highest BCUT2D eigenvalue weighted by atomic mass is 16.1. The van der Waals surface area contributed by atoms with Crippen LogP contribution in [0.4, 0.5) is 0 Å². The van der Waals surface area contributed by atoms with Crippen LogP contribution >= 0.6 is 0 Å². The maximum absolute atomic E-state index is 12.4. The zero-order valence-electron chi connectivity index (χ0n) is 14.0. The molecule has 0 unspecified atom stereocenters. The van der Waals surface area contributed by atoms with Crippen molar-refractivity contribution >= 4 is 16.8 Å². The summed E-state index contributed by atoms with van der Waals surface area (Å²) in [7, 11) is 0. The highest BCUT2D eigenvalue weighted by Crippen LogP contribution is 2.26. The van der Waals surface area contributed by atoms with Crippen molar-refractivity contribution in [2.75, 3.05) is 0 Å². The molecule has 1 amide bonds. The lowest BCUT2D eigenvalue weighted by Gasteiger charge is -2.09. The number of nitriles is 1. The normalized spacial score (nSPS) is 10.6. The fourth-order valence-electron chi connectivity index (χ4n) is 2.98. The van der Waals surface area contributed by atoms with Crippen LogP contribution in [0.5, 0.6) is 0 Å². The van der Waals surface area contributed by atoms with E-state index in [9.17, 15) is 4.79 Å². The molecule has 3 rings (SSSR count). The molecular weight excluding hydrogens is 298 g/mol. The van der Waals surface area contributed by atoms with Crippen LogP contribution in [0.1, 0.15) is 38.3 Å². The Morgan fingerprint density at radius 1 is 1.21 bits per heavy atom. The number of carbonyl (C=O) groups is 1. The minimum atomic E-state index is -0.234. The average molecular weight is 317 g/mol. The summed E-state index contributed by atoms with van der Waals surface area (Å²) in [4.78, 5) is 15.8. The molecule has 120 valence electrons. The first-order chi connectivity index (χ1) is 11.5. The third-order valence-electron chi connectivity index (χ3n) is 4.37. The van der Waals surface area contributed by atoms with E-state index in [4.69, 9.17) is 5.26 Å². The number of hydrogen-bond acceptors (Lipinski definition) is 2. The van der Waals surface area contributed by atoms with E-state index < -0.39 is 0 Å². The molecular formula is C20H19N3O. The van der Waals surface area contributed by atoms with Gasteiger partial charge in [-0.15, -0.1) is 0 Å². The van der Waals surface area contributed by atoms with E-state index in [1.165, 1.54) is 10.9 Å². The minimum Gasteiger partial charge on any atom is -0.358 e. The smallest absolute Gasteiger partial charge is 0.252 e. The number of amides is 1. The van der Waals surface area contributed by atoms with Crippen molar-refractivity contribution in [1.29, 1.82) is 5.26 Å². The molecule has 0 aliphatic carbocycles. The summed E-state index contributed by atoms with van der Waals surface area (Å²) in [6.45, 7) is 6.61. The van der Waals surface area contributed by atoms with E-state index in [1.807, 2.05) is 0 Å². The van der Waals surface area contributed by atoms with Crippen LogP contribution in [-0.2, 0) is 6.54 Å². The van der Waals surface area contributed by atoms with Gasteiger partial charge in [0.1, 0.15) is 0 Å². The summed E-state index contributed by atoms with van der Waals surface area (Å²) in [5, 5.41) is 13.2. The summed E-state index contributed by atoms with van der Waals surface area (Å²) < 4.78 is 0. The lowest BCUT2D eigenvalue weighted by molar-refractivity contribution is 0.0951. The SMILES string of the molecule is Cc1cc(CNC(=O)c2ccccc2C#N)c2[nH]c(C)c(C)c2c1. The van der Waals surface area contributed by atoms with Crippen LogP contribution < -0.4 is 5.32 Å². The Morgan fingerprint density at radius 3 is 2.71 bits per heavy atom. The Morgan fingerprint density at radius 2 is 1.96 bits per heavy atom. The van der Waals surface area contributed by atoms with Crippen LogP contribution in [-0.4, -0.2) is 10.9 Å². The first kappa shape index (κ1) is 15.8. The van der Waals surface area contributed by atoms with Gasteiger partial charge < -0.3 is 10.3 Å². The second-order valence-electron chi connectivity index (χ2n) is 6.06. The number of aryl methyl sites for hydroxylation is 3. The summed E-state index contributed by atoms with van der Waals surface area (Å²) in [5.41, 5.74) is 6.42. The van der Waals surface area contributed by atoms with Crippen molar-refractivity contribution in [2.45, 2.75) is 27.3 Å². The molecule has 0 bridgehead atoms. The molecule has 0 saturated carbocycles. The van der Waals surface area contributed by atoms with Gasteiger partial charge in [-0.05, 0) is 50.1 Å². The summed E-state index contributed by atoms with van der Waals surface area (Å²) in [6.07, 6.45) is 0. The molecule has 2 N–H and O–H groups in total. The second-order valence-corrected chi connectivity index (χ2v) is 6.06. The number of aromatic nitrogens is 1. The van der Waals surface area contributed by atoms with Crippen molar-refractivity contribution in [2.24, 2.45) is 0 Å². The summed E-state index contributed by atoms with van der Waals surface area (Å²) >= 11 is 0. The number of nitrogens with one attached hydrogen (secondary N) is 2. The van der Waals surface area contributed by atoms with Gasteiger partial charge in [-0.25, -0.2) is 0 Å². The Bertz CT molecular complexity index is 976. The summed E-state index contributed by atoms with van der Waals surface area (Å²) in [6, 6.07) is 13.1. The monoisotopic (exact) mass is 317 g/mol. The topological polar surface area (TPSA) is 68.7 Å². The molecule has 0 spiro atoms. The van der Waals surface area contributed by atoms with E-state index in [2.05, 4.69) is 49.3 Å². The van der Waals surface area contributed by atoms with Gasteiger partial charge in [0.2, 0.25) is 0 Å². The standard InChI is InChI=1S/C20H19N3O/c1-12-8-16(19-18(9-12)13(2)14(3)23-19)11-22-20(24)17-7-5-4-6-15(17)10-21/h4-9,23H,11H2,1-3H3,(H,22,24). The van der Waals surface area contributed by atoms with Gasteiger partial charge in [-0.2, -0.15) is 5.26 Å². The number of nitrogens with zero attached hydrogens (tertiary/aromatic N) is 1. The maximum atomic E-state index is 12.4. The highest BCUT2D eigenvalue weighted by molar-refractivity contribution is 5.97. The van der Waals surface area contributed by atoms with Gasteiger partial charge in [0.15, 0.2) is 0 Å². The highest BCUT2D eigenvalue weighted by Gasteiger charge is 2.13. The maximum Gasteiger partial charge on any atom is 0.252 e. The van der Waals surface area contributed by atoms with Gasteiger partial charge in [0, 0.05) is 17.6 Å². The van der Waals surface area contributed by atoms with Crippen LogP contribution in [0.2, 0.25) is 0 Å². The van der Waals surface area contributed by atoms with Crippen LogP contribution in [0.3, 0.4) is 0 Å². The molecule has 4 nitrogen and oxygen atoms in total. The number of fused-ring (bicyclic) bond motifs is 1. The van der Waals surface area contributed by atoms with Gasteiger partial charge >= 0.3 is 0 Å². The van der Waals surface area contributed by atoms with Crippen molar-refractivity contribution in [3.63, 3.8) is 0 Å². The third kappa shape index (κ3) is 2.77. The zero-order chi connectivity index (χ0) is 17.3. The minimum absolute atomic E-state index is 0.234. The molecule has 1 heterocycles. The van der Waals surface area contributed by atoms with Crippen LogP contribution in [0.15, 0.2) is 36.4 Å². The molecule has 4 heteroatoms. The fourth-order valence-corrected chi connectivity index (χ4v) is 2.98. The quantitative estimate of drug-likeness (QED) is 0.769. The van der Waals surface area contributed by atoms with Crippen molar-refractivity contribution in [1.82, 2.24) is 10.3 Å². The lowest BCUT2D eigenvalue weighted by Crippen LogP contribution is -2.23. The lowest BCUT2D eigenvalue weighted by atomic mass is 10.0. The molecule has 2 aromatic carbocycles. The molecule has 3 aromatic rings. The first-order valence-corrected chi connectivity index (χ1v) is 7.87. The Kier molecular flexibility index (Phi) is 4.09. The fraction of sp³-hybridized carbons (Fsp3) is 0.200. The van der Waals surface area contributed by atoms with Crippen molar-refractivity contribution in [3.05, 3.63) is 69.9 Å². The van der Waals surface area contributed by atoms with Crippen molar-refractivity contribution < 1.29 is 4.79 Å². The second kappa shape index (κ2) is 6.21. The Balaban J connectivity index is 1.90. The van der Waals surface area contributed by atoms with Crippen LogP contribution in [0, 0.1) is 32.1 Å². The molecule has 1 aromatic heterocycles. The number of benzene rings is 2. The molecule has 0 radical (unpaired) electrons. The Labute approximate surface area is 141 Å². The van der Waals surface area contributed by atoms with E-state index in [1.54, 1.807) is 24.3 Å². The molecule has 24 heavy (non-hydrogen) atoms. The predicted octanol–water partition coefficient (Wildman–Crippen LogP) is 3.89. The molecule has 0 saturated heterocycles. The largest absolute Gasteiger partial charge is 0.358 e. The number of hydrogen-bond donors (Lipinski definition) is 2. The average Bonchev–Trinajstić information content (AvgIpc) is 2.87. The van der Waals surface area contributed by atoms with Gasteiger partial charge in [-0.1, -0.05) is 23.8 Å². The molecule has 0 atom stereocenters. The Hall–Kier alpha value is -3.06. The van der Waals surface area contributed by atoms with Crippen LogP contribution in [0.25, 0.3) is 10.9 Å². The number of H-pyrrole nitrogens is 1. The predicted molar refractivity (Wildman–Crippen MR) is 94.8 cm³/mol. The molecule has 0 aliphatic rings. The van der Waals surface area contributed by atoms with Gasteiger partial charge in [0.25, 0.3) is 5.91 Å². The number of aromatic amines is 1. The van der Waals surface area contributed by atoms with Crippen molar-refractivity contribution in [3.8, 4) is 6.07 Å². The number of carbonyl (C=O) groups excluding carboxylic acids is 1. The van der Waals surface area contributed by atoms with Gasteiger partial charge in [0.05, 0.1) is 22.7 Å². The van der Waals surface area contributed by atoms with E-state index in [0.717, 1.165) is 22.3 Å². The third-order valence-corrected chi connectivity index (χ3v) is 4.37. The first-order valence-electron chi connectivity index (χ1n) is 7.87. The van der Waals surface area contributed by atoms with E-state index in [-0.39, 0.29) is 5.91 Å². The number of rotatable bonds is 3. The zero-order valence-corrected chi connectivity index (χ0v) is 14.0. The van der Waals surface area contributed by atoms with Gasteiger partial charge in [-0.3, -0.25) is 4.79 Å². The molecule has 0 aliphatic heterocycles. The molecule has 0 fully saturated rings. The van der Waals surface area contributed by atoms with E-state index in [0.29, 0.717) is 17.7 Å².